The molecule has 0 fully saturated rings. The van der Waals surface area contributed by atoms with Crippen LogP contribution in [0.2, 0.25) is 0 Å². The first-order chi connectivity index (χ1) is 13.5. The molecule has 0 radical (unpaired) electrons. The first-order valence-electron chi connectivity index (χ1n) is 8.58. The number of nitrogens with one attached hydrogen (secondary N) is 2. The summed E-state index contributed by atoms with van der Waals surface area (Å²) in [6.07, 6.45) is 3.38. The van der Waals surface area contributed by atoms with Gasteiger partial charge in [-0.2, -0.15) is 0 Å². The number of carbonyl (C=O) groups excluding carboxylic acids is 2. The van der Waals surface area contributed by atoms with E-state index in [4.69, 9.17) is 0 Å². The van der Waals surface area contributed by atoms with Crippen LogP contribution in [0.3, 0.4) is 0 Å². The summed E-state index contributed by atoms with van der Waals surface area (Å²) in [4.78, 5) is 28.8. The van der Waals surface area contributed by atoms with Gasteiger partial charge >= 0.3 is 0 Å². The minimum atomic E-state index is -1.07. The third-order valence-electron chi connectivity index (χ3n) is 4.09. The Kier molecular flexibility index (Phi) is 5.74. The summed E-state index contributed by atoms with van der Waals surface area (Å²) >= 11 is 0. The van der Waals surface area contributed by atoms with E-state index < -0.39 is 23.4 Å². The number of halogens is 2. The van der Waals surface area contributed by atoms with Crippen LogP contribution in [-0.4, -0.2) is 16.8 Å². The highest BCUT2D eigenvalue weighted by atomic mass is 19.2. The number of rotatable bonds is 5. The fraction of sp³-hybridized carbons (Fsp3) is 0.0952. The Labute approximate surface area is 160 Å². The maximum absolute atomic E-state index is 13.3. The number of carbonyl (C=O) groups is 2. The number of hydrogen-bond donors (Lipinski definition) is 2. The Morgan fingerprint density at radius 3 is 2.25 bits per heavy atom. The molecule has 0 aliphatic heterocycles. The fourth-order valence-corrected chi connectivity index (χ4v) is 2.61. The van der Waals surface area contributed by atoms with E-state index in [2.05, 4.69) is 15.6 Å². The second kappa shape index (κ2) is 8.39. The minimum Gasteiger partial charge on any atom is -0.322 e. The summed E-state index contributed by atoms with van der Waals surface area (Å²) in [5.74, 6) is -3.08. The topological polar surface area (TPSA) is 71.1 Å². The first-order valence-corrected chi connectivity index (χ1v) is 8.58. The first kappa shape index (κ1) is 19.2. The van der Waals surface area contributed by atoms with E-state index in [1.807, 2.05) is 25.1 Å². The summed E-state index contributed by atoms with van der Waals surface area (Å²) in [5.41, 5.74) is 2.07. The van der Waals surface area contributed by atoms with Gasteiger partial charge in [0.1, 0.15) is 0 Å². The molecule has 0 saturated carbocycles. The van der Waals surface area contributed by atoms with Crippen molar-refractivity contribution >= 4 is 23.2 Å². The summed E-state index contributed by atoms with van der Waals surface area (Å²) in [5, 5.41) is 5.25. The minimum absolute atomic E-state index is 0.0932. The van der Waals surface area contributed by atoms with Crippen LogP contribution >= 0.6 is 0 Å². The molecule has 0 aliphatic rings. The quantitative estimate of drug-likeness (QED) is 0.687. The van der Waals surface area contributed by atoms with E-state index in [1.165, 1.54) is 24.5 Å². The lowest BCUT2D eigenvalue weighted by Gasteiger charge is -2.10. The van der Waals surface area contributed by atoms with Crippen molar-refractivity contribution in [1.29, 1.82) is 0 Å². The molecule has 2 N–H and O–H groups in total. The van der Waals surface area contributed by atoms with E-state index in [0.29, 0.717) is 5.69 Å². The van der Waals surface area contributed by atoms with Crippen LogP contribution in [-0.2, 0) is 6.42 Å². The van der Waals surface area contributed by atoms with Gasteiger partial charge in [-0.25, -0.2) is 8.78 Å². The molecule has 0 aliphatic carbocycles. The molecule has 0 unspecified atom stereocenters. The molecule has 3 rings (SSSR count). The highest BCUT2D eigenvalue weighted by Crippen LogP contribution is 2.18. The highest BCUT2D eigenvalue weighted by Gasteiger charge is 2.14. The molecule has 0 atom stereocenters. The van der Waals surface area contributed by atoms with Crippen LogP contribution < -0.4 is 10.6 Å². The zero-order valence-electron chi connectivity index (χ0n) is 15.0. The predicted octanol–water partition coefficient (Wildman–Crippen LogP) is 4.43. The van der Waals surface area contributed by atoms with Crippen LogP contribution in [0.4, 0.5) is 20.2 Å². The van der Waals surface area contributed by atoms with Gasteiger partial charge in [0, 0.05) is 29.8 Å². The smallest absolute Gasteiger partial charge is 0.257 e. The van der Waals surface area contributed by atoms with E-state index in [1.54, 1.807) is 6.07 Å². The molecule has 1 heterocycles. The molecule has 5 nitrogen and oxygen atoms in total. The molecule has 2 aromatic carbocycles. The van der Waals surface area contributed by atoms with Gasteiger partial charge in [0.25, 0.3) is 11.8 Å². The van der Waals surface area contributed by atoms with Gasteiger partial charge in [0.15, 0.2) is 11.6 Å². The second-order valence-corrected chi connectivity index (χ2v) is 6.01. The molecule has 142 valence electrons. The number of hydrogen-bond acceptors (Lipinski definition) is 3. The number of pyridine rings is 1. The molecule has 1 aromatic heterocycles. The Bertz CT molecular complexity index is 1040. The lowest BCUT2D eigenvalue weighted by molar-refractivity contribution is 0.102. The number of benzene rings is 2. The Morgan fingerprint density at radius 1 is 0.893 bits per heavy atom. The second-order valence-electron chi connectivity index (χ2n) is 6.01. The number of anilines is 2. The third kappa shape index (κ3) is 4.37. The van der Waals surface area contributed by atoms with Crippen LogP contribution in [0.15, 0.2) is 60.9 Å². The molecule has 28 heavy (non-hydrogen) atoms. The monoisotopic (exact) mass is 381 g/mol. The van der Waals surface area contributed by atoms with E-state index in [0.717, 1.165) is 24.1 Å². The molecule has 0 saturated heterocycles. The standard InChI is InChI=1S/C21H17F2N3O2/c1-2-13-5-3-4-6-19(13)26-21(28)15-9-14(11-24-12-15)20(27)25-16-7-8-17(22)18(23)10-16/h3-12H,2H2,1H3,(H,25,27)(H,26,28). The molecular formula is C21H17F2N3O2. The molecule has 0 bridgehead atoms. The average Bonchev–Trinajstić information content (AvgIpc) is 2.71. The van der Waals surface area contributed by atoms with Gasteiger partial charge in [-0.3, -0.25) is 14.6 Å². The predicted molar refractivity (Wildman–Crippen MR) is 102 cm³/mol. The third-order valence-corrected chi connectivity index (χ3v) is 4.09. The SMILES string of the molecule is CCc1ccccc1NC(=O)c1cncc(C(=O)Nc2ccc(F)c(F)c2)c1. The van der Waals surface area contributed by atoms with Crippen molar-refractivity contribution in [1.82, 2.24) is 4.98 Å². The molecule has 3 aromatic rings. The highest BCUT2D eigenvalue weighted by molar-refractivity contribution is 6.08. The zero-order valence-corrected chi connectivity index (χ0v) is 15.0. The average molecular weight is 381 g/mol. The van der Waals surface area contributed by atoms with Crippen molar-refractivity contribution in [3.8, 4) is 0 Å². The molecule has 2 amide bonds. The lowest BCUT2D eigenvalue weighted by Crippen LogP contribution is -2.17. The van der Waals surface area contributed by atoms with Crippen molar-refractivity contribution in [3.05, 3.63) is 89.2 Å². The Morgan fingerprint density at radius 2 is 1.57 bits per heavy atom. The van der Waals surface area contributed by atoms with Gasteiger partial charge in [-0.1, -0.05) is 25.1 Å². The number of aryl methyl sites for hydroxylation is 1. The van der Waals surface area contributed by atoms with Crippen molar-refractivity contribution in [3.63, 3.8) is 0 Å². The van der Waals surface area contributed by atoms with Crippen LogP contribution in [0.25, 0.3) is 0 Å². The maximum atomic E-state index is 13.3. The zero-order chi connectivity index (χ0) is 20.1. The van der Waals surface area contributed by atoms with E-state index >= 15 is 0 Å². The van der Waals surface area contributed by atoms with Gasteiger partial charge in [-0.15, -0.1) is 0 Å². The van der Waals surface area contributed by atoms with Crippen LogP contribution in [0.1, 0.15) is 33.2 Å². The number of amides is 2. The lowest BCUT2D eigenvalue weighted by atomic mass is 10.1. The van der Waals surface area contributed by atoms with Gasteiger partial charge in [0.05, 0.1) is 11.1 Å². The molecule has 0 spiro atoms. The largest absolute Gasteiger partial charge is 0.322 e. The summed E-state index contributed by atoms with van der Waals surface area (Å²) in [6.45, 7) is 1.98. The summed E-state index contributed by atoms with van der Waals surface area (Å²) < 4.78 is 26.3. The van der Waals surface area contributed by atoms with E-state index in [9.17, 15) is 18.4 Å². The van der Waals surface area contributed by atoms with Gasteiger partial charge in [-0.05, 0) is 36.2 Å². The van der Waals surface area contributed by atoms with Crippen LogP contribution in [0.5, 0.6) is 0 Å². The van der Waals surface area contributed by atoms with Crippen molar-refractivity contribution < 1.29 is 18.4 Å². The van der Waals surface area contributed by atoms with Crippen molar-refractivity contribution in [2.45, 2.75) is 13.3 Å². The fourth-order valence-electron chi connectivity index (χ4n) is 2.61. The Hall–Kier alpha value is -3.61. The Balaban J connectivity index is 1.76. The van der Waals surface area contributed by atoms with Gasteiger partial charge in [0.2, 0.25) is 0 Å². The van der Waals surface area contributed by atoms with Crippen LogP contribution in [0, 0.1) is 11.6 Å². The van der Waals surface area contributed by atoms with Crippen molar-refractivity contribution in [2.24, 2.45) is 0 Å². The summed E-state index contributed by atoms with van der Waals surface area (Å²) in [7, 11) is 0. The molecule has 7 heteroatoms. The normalized spacial score (nSPS) is 10.4. The summed E-state index contributed by atoms with van der Waals surface area (Å²) in [6, 6.07) is 11.8. The van der Waals surface area contributed by atoms with Crippen molar-refractivity contribution in [2.75, 3.05) is 10.6 Å². The number of para-hydroxylation sites is 1. The number of nitrogens with zero attached hydrogens (tertiary/aromatic N) is 1. The number of aromatic nitrogens is 1. The van der Waals surface area contributed by atoms with E-state index in [-0.39, 0.29) is 16.8 Å². The van der Waals surface area contributed by atoms with Gasteiger partial charge < -0.3 is 10.6 Å². The maximum Gasteiger partial charge on any atom is 0.257 e. The molecular weight excluding hydrogens is 364 g/mol.